The molecule has 1 aliphatic rings. The van der Waals surface area contributed by atoms with Crippen molar-refractivity contribution in [3.8, 4) is 5.69 Å². The second kappa shape index (κ2) is 12.1. The summed E-state index contributed by atoms with van der Waals surface area (Å²) in [7, 11) is 0. The van der Waals surface area contributed by atoms with Gasteiger partial charge in [0.15, 0.2) is 0 Å². The molecule has 1 aromatic heterocycles. The number of aromatic nitrogens is 2. The van der Waals surface area contributed by atoms with Crippen LogP contribution in [0.2, 0.25) is 0 Å². The Labute approximate surface area is 176 Å². The molecule has 0 aliphatic carbocycles. The van der Waals surface area contributed by atoms with Gasteiger partial charge in [-0.3, -0.25) is 4.79 Å². The van der Waals surface area contributed by atoms with Crippen LogP contribution in [0.5, 0.6) is 0 Å². The summed E-state index contributed by atoms with van der Waals surface area (Å²) in [5.41, 5.74) is 7.95. The standard InChI is InChI=1S/C18H25N5OS.2ClH/c19-17-11-14(22-23(17)16-6-2-1-3-7-16)5-4-8-21-18(24)12-15-13-25-10-9-20-15;;/h1-3,6-7,11,15,20H,4-5,8-10,12-13,19H2,(H,21,24);2*1H. The Balaban J connectivity index is 0.00000182. The van der Waals surface area contributed by atoms with Crippen molar-refractivity contribution in [3.05, 3.63) is 42.1 Å². The van der Waals surface area contributed by atoms with Crippen LogP contribution in [-0.2, 0) is 11.2 Å². The number of thioether (sulfide) groups is 1. The summed E-state index contributed by atoms with van der Waals surface area (Å²) >= 11 is 1.91. The van der Waals surface area contributed by atoms with E-state index >= 15 is 0 Å². The Morgan fingerprint density at radius 1 is 1.33 bits per heavy atom. The van der Waals surface area contributed by atoms with E-state index in [1.165, 1.54) is 0 Å². The molecule has 2 heterocycles. The maximum atomic E-state index is 12.0. The molecule has 1 fully saturated rings. The van der Waals surface area contributed by atoms with E-state index in [0.29, 0.717) is 24.8 Å². The minimum atomic E-state index is 0. The van der Waals surface area contributed by atoms with Crippen LogP contribution in [0.15, 0.2) is 36.4 Å². The number of hydrogen-bond acceptors (Lipinski definition) is 5. The zero-order valence-corrected chi connectivity index (χ0v) is 17.5. The van der Waals surface area contributed by atoms with Crippen LogP contribution in [0.1, 0.15) is 18.5 Å². The maximum Gasteiger partial charge on any atom is 0.221 e. The van der Waals surface area contributed by atoms with Crippen molar-refractivity contribution in [2.45, 2.75) is 25.3 Å². The highest BCUT2D eigenvalue weighted by Crippen LogP contribution is 2.15. The van der Waals surface area contributed by atoms with Gasteiger partial charge >= 0.3 is 0 Å². The number of rotatable bonds is 7. The number of amides is 1. The summed E-state index contributed by atoms with van der Waals surface area (Å²) in [4.78, 5) is 12.0. The number of nitrogens with zero attached hydrogens (tertiary/aromatic N) is 2. The van der Waals surface area contributed by atoms with Crippen molar-refractivity contribution >= 4 is 48.3 Å². The van der Waals surface area contributed by atoms with Crippen molar-refractivity contribution in [3.63, 3.8) is 0 Å². The highest BCUT2D eigenvalue weighted by atomic mass is 35.5. The molecular weight excluding hydrogens is 405 g/mol. The summed E-state index contributed by atoms with van der Waals surface area (Å²) in [5.74, 6) is 2.90. The monoisotopic (exact) mass is 431 g/mol. The number of nitrogens with one attached hydrogen (secondary N) is 2. The predicted octanol–water partition coefficient (Wildman–Crippen LogP) is 2.44. The van der Waals surface area contributed by atoms with Gasteiger partial charge in [0.05, 0.1) is 11.4 Å². The lowest BCUT2D eigenvalue weighted by molar-refractivity contribution is -0.121. The number of hydrogen-bond donors (Lipinski definition) is 3. The molecule has 1 aliphatic heterocycles. The summed E-state index contributed by atoms with van der Waals surface area (Å²) in [5, 5.41) is 10.9. The minimum Gasteiger partial charge on any atom is -0.384 e. The largest absolute Gasteiger partial charge is 0.384 e. The molecule has 1 atom stereocenters. The Morgan fingerprint density at radius 2 is 2.11 bits per heavy atom. The fraction of sp³-hybridized carbons (Fsp3) is 0.444. The van der Waals surface area contributed by atoms with Crippen molar-refractivity contribution in [2.75, 3.05) is 30.3 Å². The van der Waals surface area contributed by atoms with Gasteiger partial charge in [-0.25, -0.2) is 4.68 Å². The number of anilines is 1. The van der Waals surface area contributed by atoms with Crippen LogP contribution in [-0.4, -0.2) is 46.3 Å². The van der Waals surface area contributed by atoms with Crippen LogP contribution in [0.25, 0.3) is 5.69 Å². The number of carbonyl (C=O) groups excluding carboxylic acids is 1. The molecule has 4 N–H and O–H groups in total. The van der Waals surface area contributed by atoms with E-state index in [2.05, 4.69) is 15.7 Å². The van der Waals surface area contributed by atoms with Crippen LogP contribution in [0.4, 0.5) is 5.82 Å². The maximum absolute atomic E-state index is 12.0. The second-order valence-corrected chi connectivity index (χ2v) is 7.34. The molecule has 0 spiro atoms. The molecule has 1 aromatic carbocycles. The van der Waals surface area contributed by atoms with Gasteiger partial charge in [0.25, 0.3) is 0 Å². The Kier molecular flexibility index (Phi) is 10.6. The Bertz CT molecular complexity index is 692. The quantitative estimate of drug-likeness (QED) is 0.586. The average molecular weight is 432 g/mol. The topological polar surface area (TPSA) is 85.0 Å². The van der Waals surface area contributed by atoms with Gasteiger partial charge < -0.3 is 16.4 Å². The number of benzene rings is 1. The molecule has 1 unspecified atom stereocenters. The summed E-state index contributed by atoms with van der Waals surface area (Å²) in [6, 6.07) is 12.1. The van der Waals surface area contributed by atoms with Crippen molar-refractivity contribution in [2.24, 2.45) is 0 Å². The van der Waals surface area contributed by atoms with Gasteiger partial charge in [0.1, 0.15) is 5.82 Å². The third kappa shape index (κ3) is 7.25. The third-order valence-corrected chi connectivity index (χ3v) is 5.28. The predicted molar refractivity (Wildman–Crippen MR) is 118 cm³/mol. The fourth-order valence-corrected chi connectivity index (χ4v) is 3.84. The van der Waals surface area contributed by atoms with E-state index in [1.54, 1.807) is 4.68 Å². The van der Waals surface area contributed by atoms with Gasteiger partial charge in [0.2, 0.25) is 5.91 Å². The van der Waals surface area contributed by atoms with E-state index < -0.39 is 0 Å². The lowest BCUT2D eigenvalue weighted by Gasteiger charge is -2.22. The summed E-state index contributed by atoms with van der Waals surface area (Å²) in [6.45, 7) is 1.66. The summed E-state index contributed by atoms with van der Waals surface area (Å²) < 4.78 is 1.75. The Morgan fingerprint density at radius 3 is 2.81 bits per heavy atom. The normalized spacial score (nSPS) is 16.1. The van der Waals surface area contributed by atoms with E-state index in [9.17, 15) is 4.79 Å². The third-order valence-electron chi connectivity index (χ3n) is 4.15. The fourth-order valence-electron chi connectivity index (χ4n) is 2.89. The number of carbonyl (C=O) groups is 1. The molecular formula is C18H27Cl2N5OS. The molecule has 9 heteroatoms. The SMILES string of the molecule is Cl.Cl.Nc1cc(CCCNC(=O)CC2CSCCN2)nn1-c1ccccc1. The Hall–Kier alpha value is -1.41. The zero-order chi connectivity index (χ0) is 17.5. The van der Waals surface area contributed by atoms with E-state index in [4.69, 9.17) is 5.73 Å². The number of para-hydroxylation sites is 1. The van der Waals surface area contributed by atoms with Gasteiger partial charge in [-0.05, 0) is 25.0 Å². The van der Waals surface area contributed by atoms with E-state index in [-0.39, 0.29) is 30.7 Å². The number of halogens is 2. The molecule has 0 saturated carbocycles. The van der Waals surface area contributed by atoms with Gasteiger partial charge in [-0.2, -0.15) is 16.9 Å². The summed E-state index contributed by atoms with van der Waals surface area (Å²) in [6.07, 6.45) is 2.20. The number of nitrogen functional groups attached to an aromatic ring is 1. The minimum absolute atomic E-state index is 0. The number of aryl methyl sites for hydroxylation is 1. The van der Waals surface area contributed by atoms with E-state index in [1.807, 2.05) is 48.2 Å². The second-order valence-electron chi connectivity index (χ2n) is 6.19. The first kappa shape index (κ1) is 23.6. The number of nitrogens with two attached hydrogens (primary N) is 1. The van der Waals surface area contributed by atoms with Crippen molar-refractivity contribution in [1.29, 1.82) is 0 Å². The zero-order valence-electron chi connectivity index (χ0n) is 15.1. The van der Waals surface area contributed by atoms with Crippen molar-refractivity contribution in [1.82, 2.24) is 20.4 Å². The molecule has 150 valence electrons. The molecule has 1 amide bonds. The molecule has 6 nitrogen and oxygen atoms in total. The molecule has 1 saturated heterocycles. The van der Waals surface area contributed by atoms with Gasteiger partial charge in [-0.15, -0.1) is 24.8 Å². The average Bonchev–Trinajstić information content (AvgIpc) is 3.01. The van der Waals surface area contributed by atoms with Crippen LogP contribution in [0.3, 0.4) is 0 Å². The first-order valence-corrected chi connectivity index (χ1v) is 9.85. The van der Waals surface area contributed by atoms with Gasteiger partial charge in [-0.1, -0.05) is 18.2 Å². The highest BCUT2D eigenvalue weighted by molar-refractivity contribution is 7.99. The van der Waals surface area contributed by atoms with Crippen LogP contribution in [0, 0.1) is 0 Å². The molecule has 3 rings (SSSR count). The molecule has 27 heavy (non-hydrogen) atoms. The lowest BCUT2D eigenvalue weighted by atomic mass is 10.2. The van der Waals surface area contributed by atoms with Crippen LogP contribution >= 0.6 is 36.6 Å². The highest BCUT2D eigenvalue weighted by Gasteiger charge is 2.16. The lowest BCUT2D eigenvalue weighted by Crippen LogP contribution is -2.41. The molecule has 0 radical (unpaired) electrons. The van der Waals surface area contributed by atoms with Gasteiger partial charge in [0, 0.05) is 43.1 Å². The first-order valence-electron chi connectivity index (χ1n) is 8.70. The molecule has 2 aromatic rings. The van der Waals surface area contributed by atoms with Crippen LogP contribution < -0.4 is 16.4 Å². The smallest absolute Gasteiger partial charge is 0.221 e. The first-order chi connectivity index (χ1) is 12.2. The van der Waals surface area contributed by atoms with Crippen molar-refractivity contribution < 1.29 is 4.79 Å². The molecule has 0 bridgehead atoms. The van der Waals surface area contributed by atoms with E-state index in [0.717, 1.165) is 42.3 Å².